The van der Waals surface area contributed by atoms with Crippen LogP contribution in [0.15, 0.2) is 48.5 Å². The van der Waals surface area contributed by atoms with Crippen LogP contribution in [-0.4, -0.2) is 64.0 Å². The van der Waals surface area contributed by atoms with Gasteiger partial charge in [-0.15, -0.1) is 0 Å². The maximum atomic E-state index is 13.1. The lowest BCUT2D eigenvalue weighted by Gasteiger charge is -2.34. The fourth-order valence-corrected chi connectivity index (χ4v) is 3.46. The van der Waals surface area contributed by atoms with Gasteiger partial charge in [0.15, 0.2) is 6.23 Å². The summed E-state index contributed by atoms with van der Waals surface area (Å²) >= 11 is 0. The SMILES string of the molecule is O=C(OC1=CC=CC2C(=O)N(C3CCON(CCO)O3)C(=O)C12)c1cccnc1. The predicted octanol–water partition coefficient (Wildman–Crippen LogP) is 0.181. The zero-order valence-electron chi connectivity index (χ0n) is 15.3. The molecule has 0 radical (unpaired) electrons. The first kappa shape index (κ1) is 19.4. The van der Waals surface area contributed by atoms with E-state index in [9.17, 15) is 14.4 Å². The molecule has 29 heavy (non-hydrogen) atoms. The summed E-state index contributed by atoms with van der Waals surface area (Å²) in [4.78, 5) is 54.0. The summed E-state index contributed by atoms with van der Waals surface area (Å²) in [5.74, 6) is -3.21. The Balaban J connectivity index is 1.52. The lowest BCUT2D eigenvalue weighted by Crippen LogP contribution is -2.50. The summed E-state index contributed by atoms with van der Waals surface area (Å²) in [7, 11) is 0. The number of aliphatic hydroxyl groups is 1. The molecule has 4 rings (SSSR count). The van der Waals surface area contributed by atoms with Crippen molar-refractivity contribution in [3.05, 3.63) is 54.1 Å². The summed E-state index contributed by atoms with van der Waals surface area (Å²) in [6.07, 6.45) is 7.02. The zero-order valence-corrected chi connectivity index (χ0v) is 15.3. The number of esters is 1. The highest BCUT2D eigenvalue weighted by Crippen LogP contribution is 2.38. The molecule has 152 valence electrons. The van der Waals surface area contributed by atoms with Gasteiger partial charge in [-0.05, 0) is 18.2 Å². The number of aromatic nitrogens is 1. The summed E-state index contributed by atoms with van der Waals surface area (Å²) in [5.41, 5.74) is 0.237. The topological polar surface area (TPSA) is 119 Å². The summed E-state index contributed by atoms with van der Waals surface area (Å²) in [5, 5.41) is 10.1. The van der Waals surface area contributed by atoms with Crippen LogP contribution in [0.3, 0.4) is 0 Å². The Morgan fingerprint density at radius 2 is 2.21 bits per heavy atom. The number of pyridine rings is 1. The molecule has 2 amide bonds. The monoisotopic (exact) mass is 401 g/mol. The second kappa shape index (κ2) is 8.21. The van der Waals surface area contributed by atoms with E-state index in [4.69, 9.17) is 19.5 Å². The quantitative estimate of drug-likeness (QED) is 0.544. The first-order chi connectivity index (χ1) is 14.1. The molecule has 2 aliphatic heterocycles. The van der Waals surface area contributed by atoms with Gasteiger partial charge in [0.25, 0.3) is 0 Å². The van der Waals surface area contributed by atoms with E-state index in [1.165, 1.54) is 18.5 Å². The fraction of sp³-hybridized carbons (Fsp3) is 0.368. The van der Waals surface area contributed by atoms with Crippen molar-refractivity contribution in [3.63, 3.8) is 0 Å². The minimum atomic E-state index is -0.939. The smallest absolute Gasteiger partial charge is 0.344 e. The van der Waals surface area contributed by atoms with Crippen LogP contribution in [-0.2, 0) is 24.0 Å². The average Bonchev–Trinajstić information content (AvgIpc) is 3.00. The van der Waals surface area contributed by atoms with Crippen LogP contribution >= 0.6 is 0 Å². The Morgan fingerprint density at radius 1 is 1.34 bits per heavy atom. The normalized spacial score (nSPS) is 27.0. The van der Waals surface area contributed by atoms with Gasteiger partial charge in [0, 0.05) is 18.8 Å². The highest BCUT2D eigenvalue weighted by Gasteiger charge is 2.53. The average molecular weight is 401 g/mol. The number of allylic oxidation sites excluding steroid dienone is 2. The van der Waals surface area contributed by atoms with Crippen LogP contribution in [0.4, 0.5) is 0 Å². The van der Waals surface area contributed by atoms with Crippen molar-refractivity contribution in [3.8, 4) is 0 Å². The standard InChI is InChI=1S/C19H19N3O7/c23-9-8-21-27-10-6-15(29-21)22-17(24)13-4-1-5-14(16(13)18(22)25)28-19(26)12-3-2-7-20-11-12/h1-5,7,11,13,15-16,23H,6,8-10H2. The van der Waals surface area contributed by atoms with Gasteiger partial charge in [-0.1, -0.05) is 17.4 Å². The first-order valence-corrected chi connectivity index (χ1v) is 9.15. The number of aliphatic hydroxyl groups excluding tert-OH is 1. The van der Waals surface area contributed by atoms with E-state index >= 15 is 0 Å². The Kier molecular flexibility index (Phi) is 5.49. The third-order valence-corrected chi connectivity index (χ3v) is 4.79. The predicted molar refractivity (Wildman–Crippen MR) is 94.9 cm³/mol. The van der Waals surface area contributed by atoms with Crippen LogP contribution in [0.2, 0.25) is 0 Å². The molecule has 3 atom stereocenters. The van der Waals surface area contributed by atoms with E-state index in [2.05, 4.69) is 4.98 Å². The van der Waals surface area contributed by atoms with Gasteiger partial charge in [-0.3, -0.25) is 24.3 Å². The van der Waals surface area contributed by atoms with Crippen molar-refractivity contribution in [1.82, 2.24) is 15.1 Å². The Morgan fingerprint density at radius 3 is 2.97 bits per heavy atom. The summed E-state index contributed by atoms with van der Waals surface area (Å²) in [6.45, 7) is 0.0960. The van der Waals surface area contributed by atoms with Gasteiger partial charge in [-0.25, -0.2) is 9.63 Å². The van der Waals surface area contributed by atoms with Gasteiger partial charge in [0.2, 0.25) is 11.8 Å². The van der Waals surface area contributed by atoms with Crippen molar-refractivity contribution >= 4 is 17.8 Å². The molecule has 2 fully saturated rings. The molecule has 0 saturated carbocycles. The van der Waals surface area contributed by atoms with Gasteiger partial charge in [-0.2, -0.15) is 0 Å². The number of likely N-dealkylation sites (tertiary alicyclic amines) is 1. The molecular weight excluding hydrogens is 382 g/mol. The lowest BCUT2D eigenvalue weighted by atomic mass is 9.89. The van der Waals surface area contributed by atoms with Crippen LogP contribution in [0.25, 0.3) is 0 Å². The molecule has 10 nitrogen and oxygen atoms in total. The molecule has 1 aromatic heterocycles. The second-order valence-corrected chi connectivity index (χ2v) is 6.60. The molecule has 2 saturated heterocycles. The minimum Gasteiger partial charge on any atom is -0.427 e. The molecule has 10 heteroatoms. The van der Waals surface area contributed by atoms with Crippen molar-refractivity contribution in [1.29, 1.82) is 0 Å². The molecule has 3 heterocycles. The number of ether oxygens (including phenoxy) is 1. The maximum Gasteiger partial charge on any atom is 0.344 e. The lowest BCUT2D eigenvalue weighted by molar-refractivity contribution is -0.426. The second-order valence-electron chi connectivity index (χ2n) is 6.60. The number of fused-ring (bicyclic) bond motifs is 1. The molecule has 3 aliphatic rings. The van der Waals surface area contributed by atoms with Crippen LogP contribution in [0.5, 0.6) is 0 Å². The largest absolute Gasteiger partial charge is 0.427 e. The number of imide groups is 1. The van der Waals surface area contributed by atoms with E-state index in [1.54, 1.807) is 24.3 Å². The summed E-state index contributed by atoms with van der Waals surface area (Å²) in [6, 6.07) is 3.15. The number of nitrogens with zero attached hydrogens (tertiary/aromatic N) is 3. The molecule has 3 unspecified atom stereocenters. The zero-order chi connectivity index (χ0) is 20.4. The van der Waals surface area contributed by atoms with Crippen molar-refractivity contribution < 1.29 is 33.9 Å². The maximum absolute atomic E-state index is 13.1. The van der Waals surface area contributed by atoms with Gasteiger partial charge in [0.05, 0.1) is 31.2 Å². The fourth-order valence-electron chi connectivity index (χ4n) is 3.46. The first-order valence-electron chi connectivity index (χ1n) is 9.15. The molecule has 0 aromatic carbocycles. The molecule has 1 aliphatic carbocycles. The van der Waals surface area contributed by atoms with Crippen molar-refractivity contribution in [2.45, 2.75) is 12.6 Å². The molecule has 0 bridgehead atoms. The molecule has 1 N–H and O–H groups in total. The van der Waals surface area contributed by atoms with Crippen molar-refractivity contribution in [2.75, 3.05) is 19.8 Å². The van der Waals surface area contributed by atoms with Gasteiger partial charge >= 0.3 is 5.97 Å². The minimum absolute atomic E-state index is 0.0767. The van der Waals surface area contributed by atoms with E-state index in [0.717, 1.165) is 10.1 Å². The highest BCUT2D eigenvalue weighted by molar-refractivity contribution is 6.08. The third kappa shape index (κ3) is 3.70. The van der Waals surface area contributed by atoms with Crippen LogP contribution in [0, 0.1) is 11.8 Å². The van der Waals surface area contributed by atoms with Crippen molar-refractivity contribution in [2.24, 2.45) is 11.8 Å². The van der Waals surface area contributed by atoms with E-state index in [-0.39, 0.29) is 37.5 Å². The number of hydrogen-bond donors (Lipinski definition) is 1. The summed E-state index contributed by atoms with van der Waals surface area (Å²) < 4.78 is 5.43. The Bertz CT molecular complexity index is 868. The number of amides is 2. The number of hydroxylamine groups is 2. The number of rotatable bonds is 5. The molecular formula is C19H19N3O7. The number of hydrogen-bond acceptors (Lipinski definition) is 9. The van der Waals surface area contributed by atoms with Gasteiger partial charge < -0.3 is 9.84 Å². The van der Waals surface area contributed by atoms with Gasteiger partial charge in [0.1, 0.15) is 11.7 Å². The van der Waals surface area contributed by atoms with E-state index < -0.39 is 35.8 Å². The Hall–Kier alpha value is -2.92. The Labute approximate surface area is 165 Å². The highest BCUT2D eigenvalue weighted by atomic mass is 17.0. The van der Waals surface area contributed by atoms with Crippen LogP contribution in [0.1, 0.15) is 16.8 Å². The third-order valence-electron chi connectivity index (χ3n) is 4.79. The number of carbonyl (C=O) groups is 3. The van der Waals surface area contributed by atoms with E-state index in [1.807, 2.05) is 0 Å². The van der Waals surface area contributed by atoms with E-state index in [0.29, 0.717) is 0 Å². The molecule has 0 spiro atoms. The molecule has 1 aromatic rings. The number of carbonyl (C=O) groups excluding carboxylic acids is 3. The van der Waals surface area contributed by atoms with Crippen LogP contribution < -0.4 is 0 Å². The number of β-amino-alcohol motifs (C(OH)–C–C–N with tert-alkyl or cyclic N) is 1.